The second-order valence-electron chi connectivity index (χ2n) is 10.3. The summed E-state index contributed by atoms with van der Waals surface area (Å²) < 4.78 is 1.65. The molecule has 6 nitrogen and oxygen atoms in total. The molecule has 37 heavy (non-hydrogen) atoms. The third-order valence-electron chi connectivity index (χ3n) is 7.04. The van der Waals surface area contributed by atoms with E-state index in [1.54, 1.807) is 22.6 Å². The van der Waals surface area contributed by atoms with Crippen molar-refractivity contribution in [3.63, 3.8) is 0 Å². The Morgan fingerprint density at radius 2 is 1.46 bits per heavy atom. The van der Waals surface area contributed by atoms with Crippen molar-refractivity contribution in [3.05, 3.63) is 99.6 Å². The van der Waals surface area contributed by atoms with Crippen LogP contribution in [0.25, 0.3) is 16.6 Å². The van der Waals surface area contributed by atoms with Crippen molar-refractivity contribution in [1.82, 2.24) is 14.5 Å². The number of carbonyl (C=O) groups is 1. The Labute approximate surface area is 219 Å². The van der Waals surface area contributed by atoms with Crippen molar-refractivity contribution in [2.45, 2.75) is 59.4 Å². The molecule has 0 radical (unpaired) electrons. The summed E-state index contributed by atoms with van der Waals surface area (Å²) in [5.74, 6) is 1.02. The Morgan fingerprint density at radius 3 is 2.08 bits per heavy atom. The van der Waals surface area contributed by atoms with Crippen LogP contribution in [-0.4, -0.2) is 27.5 Å². The lowest BCUT2D eigenvalue weighted by molar-refractivity contribution is 0.205. The molecule has 0 aliphatic rings. The smallest absolute Gasteiger partial charge is 0.318 e. The molecule has 6 heteroatoms. The van der Waals surface area contributed by atoms with Crippen LogP contribution in [0.3, 0.4) is 0 Å². The molecular formula is C31H36N4O2. The molecule has 1 aromatic heterocycles. The zero-order chi connectivity index (χ0) is 26.9. The fourth-order valence-electron chi connectivity index (χ4n) is 4.72. The highest BCUT2D eigenvalue weighted by Gasteiger charge is 2.26. The van der Waals surface area contributed by atoms with Crippen LogP contribution in [0.1, 0.15) is 75.0 Å². The highest BCUT2D eigenvalue weighted by atomic mass is 16.2. The van der Waals surface area contributed by atoms with Gasteiger partial charge in [0.25, 0.3) is 5.56 Å². The summed E-state index contributed by atoms with van der Waals surface area (Å²) in [6.07, 6.45) is 0. The number of aromatic nitrogens is 2. The average Bonchev–Trinajstić information content (AvgIpc) is 2.88. The first kappa shape index (κ1) is 26.1. The largest absolute Gasteiger partial charge is 0.322 e. The van der Waals surface area contributed by atoms with E-state index in [1.807, 2.05) is 62.4 Å². The van der Waals surface area contributed by atoms with Gasteiger partial charge in [0.15, 0.2) is 0 Å². The lowest BCUT2D eigenvalue weighted by atomic mass is 9.93. The Bertz CT molecular complexity index is 1480. The Morgan fingerprint density at radius 1 is 0.865 bits per heavy atom. The van der Waals surface area contributed by atoms with E-state index in [4.69, 9.17) is 4.98 Å². The van der Waals surface area contributed by atoms with Crippen molar-refractivity contribution < 1.29 is 4.79 Å². The number of amides is 2. The number of nitrogens with zero attached hydrogens (tertiary/aromatic N) is 3. The fraction of sp³-hybridized carbons (Fsp3) is 0.323. The first-order chi connectivity index (χ1) is 17.6. The highest BCUT2D eigenvalue weighted by Crippen LogP contribution is 2.33. The standard InChI is InChI=1S/C31H36N4O2/c1-19(2)23-15-12-16-24(20(3)4)28(23)33-31(37)34(7)22(6)29-32-26-17-10-9-14-25(26)30(36)35(29)27-18-11-8-13-21(27)5/h8-20,22H,1-7H3,(H,33,37). The van der Waals surface area contributed by atoms with Crippen LogP contribution in [0.2, 0.25) is 0 Å². The van der Waals surface area contributed by atoms with Crippen LogP contribution >= 0.6 is 0 Å². The van der Waals surface area contributed by atoms with E-state index in [0.29, 0.717) is 16.7 Å². The van der Waals surface area contributed by atoms with Crippen LogP contribution in [-0.2, 0) is 0 Å². The van der Waals surface area contributed by atoms with Crippen LogP contribution in [0, 0.1) is 6.92 Å². The molecule has 0 aliphatic carbocycles. The summed E-state index contributed by atoms with van der Waals surface area (Å²) in [6, 6.07) is 20.5. The van der Waals surface area contributed by atoms with E-state index >= 15 is 0 Å². The monoisotopic (exact) mass is 496 g/mol. The number of nitrogens with one attached hydrogen (secondary N) is 1. The van der Waals surface area contributed by atoms with Crippen molar-refractivity contribution >= 4 is 22.6 Å². The van der Waals surface area contributed by atoms with Gasteiger partial charge in [0.2, 0.25) is 0 Å². The predicted octanol–water partition coefficient (Wildman–Crippen LogP) is 7.17. The number of hydrogen-bond acceptors (Lipinski definition) is 3. The normalized spacial score (nSPS) is 12.2. The summed E-state index contributed by atoms with van der Waals surface area (Å²) in [7, 11) is 1.75. The van der Waals surface area contributed by atoms with Crippen LogP contribution < -0.4 is 10.9 Å². The SMILES string of the molecule is Cc1ccccc1-n1c(C(C)N(C)C(=O)Nc2c(C(C)C)cccc2C(C)C)nc2ccccc2c1=O. The molecule has 3 aromatic carbocycles. The zero-order valence-corrected chi connectivity index (χ0v) is 22.7. The Kier molecular flexibility index (Phi) is 7.48. The van der Waals surface area contributed by atoms with Gasteiger partial charge in [0.1, 0.15) is 5.82 Å². The van der Waals surface area contributed by atoms with Gasteiger partial charge in [-0.05, 0) is 60.6 Å². The van der Waals surface area contributed by atoms with E-state index in [0.717, 1.165) is 28.1 Å². The summed E-state index contributed by atoms with van der Waals surface area (Å²) in [6.45, 7) is 12.4. The first-order valence-electron chi connectivity index (χ1n) is 12.9. The minimum atomic E-state index is -0.481. The Hall–Kier alpha value is -3.93. The molecule has 192 valence electrons. The maximum absolute atomic E-state index is 13.7. The molecule has 1 atom stereocenters. The van der Waals surface area contributed by atoms with Crippen molar-refractivity contribution in [3.8, 4) is 5.69 Å². The summed E-state index contributed by atoms with van der Waals surface area (Å²) in [4.78, 5) is 33.9. The molecule has 2 amide bonds. The molecule has 0 saturated carbocycles. The first-order valence-corrected chi connectivity index (χ1v) is 12.9. The number of benzene rings is 3. The van der Waals surface area contributed by atoms with Crippen LogP contribution in [0.15, 0.2) is 71.5 Å². The van der Waals surface area contributed by atoms with Gasteiger partial charge in [0.05, 0.1) is 22.6 Å². The number of hydrogen-bond donors (Lipinski definition) is 1. The topological polar surface area (TPSA) is 67.2 Å². The van der Waals surface area contributed by atoms with Gasteiger partial charge in [-0.2, -0.15) is 0 Å². The third-order valence-corrected chi connectivity index (χ3v) is 7.04. The molecule has 1 N–H and O–H groups in total. The van der Waals surface area contributed by atoms with Crippen molar-refractivity contribution in [2.75, 3.05) is 12.4 Å². The highest BCUT2D eigenvalue weighted by molar-refractivity contribution is 5.91. The lowest BCUT2D eigenvalue weighted by Gasteiger charge is -2.29. The van der Waals surface area contributed by atoms with Crippen LogP contribution in [0.5, 0.6) is 0 Å². The van der Waals surface area contributed by atoms with Gasteiger partial charge in [-0.3, -0.25) is 9.36 Å². The number of aryl methyl sites for hydroxylation is 1. The number of rotatable bonds is 6. The van der Waals surface area contributed by atoms with Gasteiger partial charge < -0.3 is 10.2 Å². The van der Waals surface area contributed by atoms with E-state index < -0.39 is 6.04 Å². The molecule has 0 saturated heterocycles. The number of urea groups is 1. The second-order valence-corrected chi connectivity index (χ2v) is 10.3. The average molecular weight is 497 g/mol. The van der Waals surface area contributed by atoms with E-state index in [1.165, 1.54) is 0 Å². The lowest BCUT2D eigenvalue weighted by Crippen LogP contribution is -2.37. The molecule has 0 fully saturated rings. The number of fused-ring (bicyclic) bond motifs is 1. The van der Waals surface area contributed by atoms with Gasteiger partial charge in [-0.1, -0.05) is 76.2 Å². The number of carbonyl (C=O) groups excluding carboxylic acids is 1. The maximum atomic E-state index is 13.7. The van der Waals surface area contributed by atoms with Gasteiger partial charge in [0, 0.05) is 12.7 Å². The van der Waals surface area contributed by atoms with Crippen LogP contribution in [0.4, 0.5) is 10.5 Å². The Balaban J connectivity index is 1.80. The van der Waals surface area contributed by atoms with Gasteiger partial charge in [-0.25, -0.2) is 9.78 Å². The molecule has 0 spiro atoms. The van der Waals surface area contributed by atoms with E-state index in [2.05, 4.69) is 45.1 Å². The minimum absolute atomic E-state index is 0.150. The molecule has 0 aliphatic heterocycles. The quantitative estimate of drug-likeness (QED) is 0.308. The van der Waals surface area contributed by atoms with Gasteiger partial charge in [-0.15, -0.1) is 0 Å². The number of para-hydroxylation sites is 3. The maximum Gasteiger partial charge on any atom is 0.322 e. The second kappa shape index (κ2) is 10.6. The molecule has 4 rings (SSSR count). The zero-order valence-electron chi connectivity index (χ0n) is 22.7. The molecule has 1 heterocycles. The predicted molar refractivity (Wildman–Crippen MR) is 152 cm³/mol. The van der Waals surface area contributed by atoms with E-state index in [9.17, 15) is 9.59 Å². The number of anilines is 1. The van der Waals surface area contributed by atoms with Gasteiger partial charge >= 0.3 is 6.03 Å². The van der Waals surface area contributed by atoms with Crippen molar-refractivity contribution in [1.29, 1.82) is 0 Å². The molecular weight excluding hydrogens is 460 g/mol. The third kappa shape index (κ3) is 5.01. The fourth-order valence-corrected chi connectivity index (χ4v) is 4.72. The summed E-state index contributed by atoms with van der Waals surface area (Å²) >= 11 is 0. The molecule has 4 aromatic rings. The van der Waals surface area contributed by atoms with Crippen molar-refractivity contribution in [2.24, 2.45) is 0 Å². The summed E-state index contributed by atoms with van der Waals surface area (Å²) in [5.41, 5.74) is 5.23. The minimum Gasteiger partial charge on any atom is -0.318 e. The molecule has 0 bridgehead atoms. The van der Waals surface area contributed by atoms with E-state index in [-0.39, 0.29) is 23.4 Å². The molecule has 1 unspecified atom stereocenters. The summed E-state index contributed by atoms with van der Waals surface area (Å²) in [5, 5.41) is 3.73.